The molecule has 0 saturated heterocycles. The van der Waals surface area contributed by atoms with Gasteiger partial charge in [0.05, 0.1) is 20.3 Å². The van der Waals surface area contributed by atoms with Crippen LogP contribution in [0, 0.1) is 13.8 Å². The summed E-state index contributed by atoms with van der Waals surface area (Å²) < 4.78 is 12.7. The van der Waals surface area contributed by atoms with Crippen LogP contribution in [-0.4, -0.2) is 34.2 Å². The number of carbonyl (C=O) groups excluding carboxylic acids is 1. The molecule has 180 valence electrons. The van der Waals surface area contributed by atoms with Crippen LogP contribution in [0.25, 0.3) is 16.7 Å². The predicted molar refractivity (Wildman–Crippen MR) is 139 cm³/mol. The zero-order valence-corrected chi connectivity index (χ0v) is 21.0. The van der Waals surface area contributed by atoms with Gasteiger partial charge in [-0.15, -0.1) is 0 Å². The summed E-state index contributed by atoms with van der Waals surface area (Å²) in [5.74, 6) is 1.42. The van der Waals surface area contributed by atoms with Crippen molar-refractivity contribution in [3.63, 3.8) is 0 Å². The van der Waals surface area contributed by atoms with Crippen LogP contribution < -0.4 is 4.74 Å². The van der Waals surface area contributed by atoms with Crippen LogP contribution in [0.2, 0.25) is 0 Å². The summed E-state index contributed by atoms with van der Waals surface area (Å²) in [7, 11) is 1.63. The van der Waals surface area contributed by atoms with Gasteiger partial charge in [0.25, 0.3) is 0 Å². The number of nitrogens with zero attached hydrogens (tertiary/aromatic N) is 3. The molecule has 0 bridgehead atoms. The summed E-state index contributed by atoms with van der Waals surface area (Å²) in [6.45, 7) is 9.02. The van der Waals surface area contributed by atoms with Gasteiger partial charge in [0.15, 0.2) is 5.65 Å². The summed E-state index contributed by atoms with van der Waals surface area (Å²) in [5, 5.41) is 0. The van der Waals surface area contributed by atoms with E-state index in [1.165, 1.54) is 0 Å². The molecule has 0 aliphatic heterocycles. The Bertz CT molecular complexity index is 1370. The number of esters is 1. The second kappa shape index (κ2) is 10.6. The van der Waals surface area contributed by atoms with E-state index in [4.69, 9.17) is 19.4 Å². The summed E-state index contributed by atoms with van der Waals surface area (Å²) >= 11 is 0. The minimum absolute atomic E-state index is 0.329. The molecule has 4 rings (SSSR count). The van der Waals surface area contributed by atoms with Crippen LogP contribution in [0.4, 0.5) is 0 Å². The lowest BCUT2D eigenvalue weighted by molar-refractivity contribution is -0.137. The highest BCUT2D eigenvalue weighted by molar-refractivity contribution is 5.96. The number of imidazole rings is 1. The van der Waals surface area contributed by atoms with Crippen molar-refractivity contribution in [3.8, 4) is 5.75 Å². The van der Waals surface area contributed by atoms with Crippen LogP contribution in [0.15, 0.2) is 60.7 Å². The number of aromatic nitrogens is 3. The minimum Gasteiger partial charge on any atom is -0.497 e. The van der Waals surface area contributed by atoms with Crippen molar-refractivity contribution >= 4 is 22.7 Å². The summed E-state index contributed by atoms with van der Waals surface area (Å²) in [4.78, 5) is 21.9. The fraction of sp³-hybridized carbons (Fsp3) is 0.276. The van der Waals surface area contributed by atoms with Crippen molar-refractivity contribution in [1.82, 2.24) is 14.5 Å². The highest BCUT2D eigenvalue weighted by atomic mass is 16.5. The molecular weight excluding hydrogens is 438 g/mol. The van der Waals surface area contributed by atoms with Crippen LogP contribution in [0.3, 0.4) is 0 Å². The molecular formula is C29H31N3O3. The van der Waals surface area contributed by atoms with E-state index in [2.05, 4.69) is 36.6 Å². The number of ether oxygens (including phenoxy) is 2. The van der Waals surface area contributed by atoms with E-state index in [-0.39, 0.29) is 5.97 Å². The zero-order chi connectivity index (χ0) is 24.9. The molecule has 0 aliphatic carbocycles. The zero-order valence-electron chi connectivity index (χ0n) is 21.0. The Morgan fingerprint density at radius 2 is 1.63 bits per heavy atom. The molecule has 0 N–H and O–H groups in total. The average Bonchev–Trinajstić information content (AvgIpc) is 3.21. The number of hydrogen-bond acceptors (Lipinski definition) is 5. The Labute approximate surface area is 206 Å². The molecule has 6 nitrogen and oxygen atoms in total. The van der Waals surface area contributed by atoms with Crippen molar-refractivity contribution in [2.45, 2.75) is 40.7 Å². The molecule has 0 fully saturated rings. The highest BCUT2D eigenvalue weighted by Gasteiger charge is 2.14. The number of fused-ring (bicyclic) bond motifs is 1. The summed E-state index contributed by atoms with van der Waals surface area (Å²) in [5.41, 5.74) is 7.79. The molecule has 0 saturated carbocycles. The van der Waals surface area contributed by atoms with Gasteiger partial charge in [0.2, 0.25) is 0 Å². The molecule has 0 amide bonds. The standard InChI is InChI=1S/C29H31N3O3/c1-6-26-31-28-19(3)16-20(4)30-29(28)32(26)18-21-8-10-22(11-9-21)25(17-27(33)35-7-2)23-12-14-24(34-5)15-13-23/h8-17H,6-7,18H2,1-5H3/b25-17+. The minimum atomic E-state index is -0.364. The second-order valence-corrected chi connectivity index (χ2v) is 8.46. The first kappa shape index (κ1) is 24.2. The highest BCUT2D eigenvalue weighted by Crippen LogP contribution is 2.27. The lowest BCUT2D eigenvalue weighted by Gasteiger charge is -2.12. The third-order valence-corrected chi connectivity index (χ3v) is 5.97. The molecule has 35 heavy (non-hydrogen) atoms. The van der Waals surface area contributed by atoms with Crippen molar-refractivity contribution in [2.24, 2.45) is 0 Å². The molecule has 2 aromatic heterocycles. The molecule has 0 radical (unpaired) electrons. The SMILES string of the molecule is CCOC(=O)/C=C(\c1ccc(Cn2c(CC)nc3c(C)cc(C)nc32)cc1)c1ccc(OC)cc1. The Kier molecular flexibility index (Phi) is 7.30. The van der Waals surface area contributed by atoms with E-state index >= 15 is 0 Å². The molecule has 4 aromatic rings. The Morgan fingerprint density at radius 1 is 0.971 bits per heavy atom. The van der Waals surface area contributed by atoms with Crippen LogP contribution in [0.1, 0.15) is 47.6 Å². The van der Waals surface area contributed by atoms with Gasteiger partial charge in [-0.25, -0.2) is 14.8 Å². The molecule has 2 heterocycles. The Morgan fingerprint density at radius 3 is 2.23 bits per heavy atom. The van der Waals surface area contributed by atoms with Crippen molar-refractivity contribution < 1.29 is 14.3 Å². The third-order valence-electron chi connectivity index (χ3n) is 5.97. The number of hydrogen-bond donors (Lipinski definition) is 0. The van der Waals surface area contributed by atoms with E-state index in [1.807, 2.05) is 43.3 Å². The van der Waals surface area contributed by atoms with E-state index in [1.54, 1.807) is 20.1 Å². The second-order valence-electron chi connectivity index (χ2n) is 8.46. The first-order chi connectivity index (χ1) is 16.9. The first-order valence-corrected chi connectivity index (χ1v) is 11.9. The van der Waals surface area contributed by atoms with Gasteiger partial charge < -0.3 is 14.0 Å². The maximum Gasteiger partial charge on any atom is 0.331 e. The van der Waals surface area contributed by atoms with Crippen LogP contribution >= 0.6 is 0 Å². The first-order valence-electron chi connectivity index (χ1n) is 11.9. The Balaban J connectivity index is 1.69. The van der Waals surface area contributed by atoms with Gasteiger partial charge >= 0.3 is 5.97 Å². The summed E-state index contributed by atoms with van der Waals surface area (Å²) in [6.07, 6.45) is 2.38. The van der Waals surface area contributed by atoms with Gasteiger partial charge in [0.1, 0.15) is 17.1 Å². The normalized spacial score (nSPS) is 11.6. The number of benzene rings is 2. The lowest BCUT2D eigenvalue weighted by atomic mass is 9.96. The summed E-state index contributed by atoms with van der Waals surface area (Å²) in [6, 6.07) is 18.0. The van der Waals surface area contributed by atoms with E-state index in [9.17, 15) is 4.79 Å². The Hall–Kier alpha value is -3.93. The van der Waals surface area contributed by atoms with Crippen molar-refractivity contribution in [2.75, 3.05) is 13.7 Å². The lowest BCUT2D eigenvalue weighted by Crippen LogP contribution is -2.06. The number of carbonyl (C=O) groups is 1. The van der Waals surface area contributed by atoms with Gasteiger partial charge in [-0.2, -0.15) is 0 Å². The monoisotopic (exact) mass is 469 g/mol. The number of rotatable bonds is 8. The van der Waals surface area contributed by atoms with Crippen molar-refractivity contribution in [1.29, 1.82) is 0 Å². The quantitative estimate of drug-likeness (QED) is 0.246. The molecule has 6 heteroatoms. The van der Waals surface area contributed by atoms with Crippen molar-refractivity contribution in [3.05, 3.63) is 94.4 Å². The maximum atomic E-state index is 12.3. The molecule has 0 unspecified atom stereocenters. The molecule has 2 aromatic carbocycles. The largest absolute Gasteiger partial charge is 0.497 e. The van der Waals surface area contributed by atoms with E-state index in [0.29, 0.717) is 13.2 Å². The number of methoxy groups -OCH3 is 1. The van der Waals surface area contributed by atoms with Gasteiger partial charge in [-0.05, 0) is 66.8 Å². The fourth-order valence-electron chi connectivity index (χ4n) is 4.26. The van der Waals surface area contributed by atoms with Gasteiger partial charge in [0, 0.05) is 18.2 Å². The number of pyridine rings is 1. The third kappa shape index (κ3) is 5.27. The van der Waals surface area contributed by atoms with E-state index < -0.39 is 0 Å². The van der Waals surface area contributed by atoms with E-state index in [0.717, 1.165) is 62.7 Å². The van der Waals surface area contributed by atoms with Crippen LogP contribution in [-0.2, 0) is 22.5 Å². The smallest absolute Gasteiger partial charge is 0.331 e. The molecule has 0 spiro atoms. The fourth-order valence-corrected chi connectivity index (χ4v) is 4.26. The number of aryl methyl sites for hydroxylation is 3. The molecule has 0 aliphatic rings. The topological polar surface area (TPSA) is 66.2 Å². The maximum absolute atomic E-state index is 12.3. The average molecular weight is 470 g/mol. The predicted octanol–water partition coefficient (Wildman–Crippen LogP) is 5.66. The molecule has 0 atom stereocenters. The van der Waals surface area contributed by atoms with Gasteiger partial charge in [-0.1, -0.05) is 43.3 Å². The van der Waals surface area contributed by atoms with Crippen LogP contribution in [0.5, 0.6) is 5.75 Å². The van der Waals surface area contributed by atoms with Gasteiger partial charge in [-0.3, -0.25) is 0 Å².